The lowest BCUT2D eigenvalue weighted by atomic mass is 10.2. The molecular formula is C12H16BrNO3S. The number of carbonyl (C=O) groups is 1. The Hall–Kier alpha value is -0.880. The summed E-state index contributed by atoms with van der Waals surface area (Å²) in [7, 11) is -1.60. The van der Waals surface area contributed by atoms with Crippen molar-refractivity contribution >= 4 is 31.7 Å². The van der Waals surface area contributed by atoms with E-state index in [0.29, 0.717) is 12.1 Å². The first-order valence-corrected chi connectivity index (χ1v) is 8.22. The molecule has 0 aliphatic rings. The number of carbonyl (C=O) groups excluding carboxylic acids is 1. The van der Waals surface area contributed by atoms with E-state index in [1.807, 2.05) is 6.92 Å². The van der Waals surface area contributed by atoms with Crippen molar-refractivity contribution in [3.8, 4) is 0 Å². The van der Waals surface area contributed by atoms with Crippen molar-refractivity contribution in [2.75, 3.05) is 19.8 Å². The lowest BCUT2D eigenvalue weighted by Gasteiger charge is -2.18. The molecule has 0 radical (unpaired) electrons. The van der Waals surface area contributed by atoms with E-state index in [1.54, 1.807) is 24.1 Å². The normalized spacial score (nSPS) is 13.1. The van der Waals surface area contributed by atoms with E-state index in [-0.39, 0.29) is 15.6 Å². The van der Waals surface area contributed by atoms with Gasteiger partial charge in [0.15, 0.2) is 9.84 Å². The third-order valence-electron chi connectivity index (χ3n) is 2.38. The molecule has 0 aliphatic carbocycles. The number of amides is 1. The second-order valence-electron chi connectivity index (χ2n) is 4.27. The van der Waals surface area contributed by atoms with E-state index in [9.17, 15) is 13.2 Å². The highest BCUT2D eigenvalue weighted by Gasteiger charge is 2.15. The summed E-state index contributed by atoms with van der Waals surface area (Å²) in [6.45, 7) is 2.50. The van der Waals surface area contributed by atoms with E-state index < -0.39 is 9.84 Å². The number of alkyl halides is 1. The summed E-state index contributed by atoms with van der Waals surface area (Å²) in [5.74, 6) is -0.188. The van der Waals surface area contributed by atoms with Gasteiger partial charge < -0.3 is 4.90 Å². The van der Waals surface area contributed by atoms with E-state index in [2.05, 4.69) is 15.9 Å². The summed E-state index contributed by atoms with van der Waals surface area (Å²) < 4.78 is 22.8. The lowest BCUT2D eigenvalue weighted by Crippen LogP contribution is -2.31. The van der Waals surface area contributed by atoms with Crippen LogP contribution in [0.25, 0.3) is 0 Å². The van der Waals surface area contributed by atoms with Gasteiger partial charge in [-0.3, -0.25) is 4.79 Å². The molecule has 1 aromatic rings. The maximum absolute atomic E-state index is 12.1. The van der Waals surface area contributed by atoms with Crippen LogP contribution in [0.15, 0.2) is 29.2 Å². The minimum Gasteiger partial charge on any atom is -0.341 e. The van der Waals surface area contributed by atoms with Crippen molar-refractivity contribution in [1.82, 2.24) is 4.90 Å². The van der Waals surface area contributed by atoms with Crippen molar-refractivity contribution in [1.29, 1.82) is 0 Å². The van der Waals surface area contributed by atoms with E-state index in [4.69, 9.17) is 0 Å². The van der Waals surface area contributed by atoms with Crippen LogP contribution in [-0.4, -0.2) is 43.9 Å². The fourth-order valence-corrected chi connectivity index (χ4v) is 2.64. The van der Waals surface area contributed by atoms with Gasteiger partial charge in [-0.1, -0.05) is 28.9 Å². The van der Waals surface area contributed by atoms with Crippen LogP contribution in [0.5, 0.6) is 0 Å². The Morgan fingerprint density at radius 2 is 2.06 bits per heavy atom. The zero-order valence-electron chi connectivity index (χ0n) is 10.6. The van der Waals surface area contributed by atoms with Crippen LogP contribution in [0.1, 0.15) is 17.3 Å². The van der Waals surface area contributed by atoms with Crippen molar-refractivity contribution in [2.24, 2.45) is 0 Å². The first-order valence-electron chi connectivity index (χ1n) is 5.41. The number of hydrogen-bond acceptors (Lipinski definition) is 3. The fraction of sp³-hybridized carbons (Fsp3) is 0.417. The molecule has 0 aliphatic heterocycles. The monoisotopic (exact) mass is 333 g/mol. The Kier molecular flexibility index (Phi) is 4.92. The Morgan fingerprint density at radius 3 is 2.56 bits per heavy atom. The Labute approximate surface area is 116 Å². The highest BCUT2D eigenvalue weighted by atomic mass is 79.9. The summed E-state index contributed by atoms with van der Waals surface area (Å²) in [5.41, 5.74) is 0.383. The van der Waals surface area contributed by atoms with Crippen LogP contribution < -0.4 is 0 Å². The maximum atomic E-state index is 12.1. The Morgan fingerprint density at radius 1 is 1.44 bits per heavy atom. The molecule has 0 spiro atoms. The van der Waals surface area contributed by atoms with Gasteiger partial charge in [-0.2, -0.15) is 0 Å². The van der Waals surface area contributed by atoms with Crippen LogP contribution in [0.4, 0.5) is 0 Å². The molecule has 4 nitrogen and oxygen atoms in total. The molecule has 1 aromatic carbocycles. The van der Waals surface area contributed by atoms with Gasteiger partial charge in [0.1, 0.15) is 0 Å². The van der Waals surface area contributed by atoms with Crippen LogP contribution >= 0.6 is 15.9 Å². The highest BCUT2D eigenvalue weighted by Crippen LogP contribution is 2.13. The van der Waals surface area contributed by atoms with Crippen LogP contribution in [0.2, 0.25) is 0 Å². The molecular weight excluding hydrogens is 318 g/mol. The van der Waals surface area contributed by atoms with E-state index in [0.717, 1.165) is 6.26 Å². The topological polar surface area (TPSA) is 54.5 Å². The average molecular weight is 334 g/mol. The first-order chi connectivity index (χ1) is 8.21. The number of halogens is 1. The molecule has 0 heterocycles. The maximum Gasteiger partial charge on any atom is 0.253 e. The van der Waals surface area contributed by atoms with Gasteiger partial charge in [-0.05, 0) is 18.2 Å². The molecule has 1 atom stereocenters. The number of hydrogen-bond donors (Lipinski definition) is 0. The lowest BCUT2D eigenvalue weighted by molar-refractivity contribution is 0.0797. The molecule has 0 N–H and O–H groups in total. The van der Waals surface area contributed by atoms with E-state index >= 15 is 0 Å². The van der Waals surface area contributed by atoms with Crippen molar-refractivity contribution < 1.29 is 13.2 Å². The third kappa shape index (κ3) is 4.10. The summed E-state index contributed by atoms with van der Waals surface area (Å²) >= 11 is 3.37. The number of nitrogens with zero attached hydrogens (tertiary/aromatic N) is 1. The molecule has 6 heteroatoms. The van der Waals surface area contributed by atoms with Crippen LogP contribution in [-0.2, 0) is 9.84 Å². The molecule has 0 aromatic heterocycles. The number of benzene rings is 1. The quantitative estimate of drug-likeness (QED) is 0.791. The molecule has 100 valence electrons. The molecule has 0 saturated heterocycles. The molecule has 0 fully saturated rings. The fourth-order valence-electron chi connectivity index (χ4n) is 1.54. The minimum atomic E-state index is -3.29. The molecule has 0 bridgehead atoms. The third-order valence-corrected chi connectivity index (χ3v) is 3.78. The van der Waals surface area contributed by atoms with Crippen molar-refractivity contribution in [3.05, 3.63) is 29.8 Å². The molecule has 0 saturated carbocycles. The van der Waals surface area contributed by atoms with Gasteiger partial charge in [-0.25, -0.2) is 8.42 Å². The van der Waals surface area contributed by atoms with Gasteiger partial charge in [0.25, 0.3) is 5.91 Å². The standard InChI is InChI=1S/C12H16BrNO3S/c1-9(13)8-14(2)12(15)10-5-4-6-11(7-10)18(3,16)17/h4-7,9H,8H2,1-3H3. The van der Waals surface area contributed by atoms with Gasteiger partial charge >= 0.3 is 0 Å². The Bertz CT molecular complexity index is 540. The summed E-state index contributed by atoms with van der Waals surface area (Å²) in [5, 5.41) is 0. The van der Waals surface area contributed by atoms with Crippen LogP contribution in [0.3, 0.4) is 0 Å². The van der Waals surface area contributed by atoms with E-state index in [1.165, 1.54) is 12.1 Å². The largest absolute Gasteiger partial charge is 0.341 e. The highest BCUT2D eigenvalue weighted by molar-refractivity contribution is 9.09. The number of rotatable bonds is 4. The van der Waals surface area contributed by atoms with Gasteiger partial charge in [0, 0.05) is 30.2 Å². The average Bonchev–Trinajstić information content (AvgIpc) is 2.26. The number of sulfone groups is 1. The molecule has 18 heavy (non-hydrogen) atoms. The minimum absolute atomic E-state index is 0.161. The van der Waals surface area contributed by atoms with Gasteiger partial charge in [0.05, 0.1) is 4.90 Å². The summed E-state index contributed by atoms with van der Waals surface area (Å²) in [4.78, 5) is 14.0. The van der Waals surface area contributed by atoms with Gasteiger partial charge in [-0.15, -0.1) is 0 Å². The zero-order chi connectivity index (χ0) is 13.9. The second kappa shape index (κ2) is 5.84. The predicted octanol–water partition coefficient (Wildman–Crippen LogP) is 1.95. The van der Waals surface area contributed by atoms with Crippen LogP contribution in [0, 0.1) is 0 Å². The molecule has 1 amide bonds. The summed E-state index contributed by atoms with van der Waals surface area (Å²) in [6, 6.07) is 6.09. The predicted molar refractivity (Wildman–Crippen MR) is 74.9 cm³/mol. The second-order valence-corrected chi connectivity index (χ2v) is 7.85. The van der Waals surface area contributed by atoms with Gasteiger partial charge in [0.2, 0.25) is 0 Å². The SMILES string of the molecule is CC(Br)CN(C)C(=O)c1cccc(S(C)(=O)=O)c1. The zero-order valence-corrected chi connectivity index (χ0v) is 13.0. The molecule has 1 rings (SSSR count). The molecule has 1 unspecified atom stereocenters. The Balaban J connectivity index is 3.01. The summed E-state index contributed by atoms with van der Waals surface area (Å²) in [6.07, 6.45) is 1.13. The van der Waals surface area contributed by atoms with Crippen molar-refractivity contribution in [2.45, 2.75) is 16.6 Å². The van der Waals surface area contributed by atoms with Crippen molar-refractivity contribution in [3.63, 3.8) is 0 Å². The smallest absolute Gasteiger partial charge is 0.253 e. The first kappa shape index (κ1) is 15.2.